The van der Waals surface area contributed by atoms with E-state index < -0.39 is 0 Å². The predicted octanol–water partition coefficient (Wildman–Crippen LogP) is 2.10. The Labute approximate surface area is 99.8 Å². The largest absolute Gasteiger partial charge is 0.399 e. The maximum Gasteiger partial charge on any atom is 0.258 e. The lowest BCUT2D eigenvalue weighted by atomic mass is 10.1. The molecule has 17 heavy (non-hydrogen) atoms. The van der Waals surface area contributed by atoms with Crippen LogP contribution in [0.25, 0.3) is 11.5 Å². The second kappa shape index (κ2) is 4.45. The van der Waals surface area contributed by atoms with E-state index in [1.807, 2.05) is 0 Å². The molecule has 0 aliphatic rings. The molecule has 0 aliphatic carbocycles. The molecule has 90 valence electrons. The lowest BCUT2D eigenvalue weighted by Gasteiger charge is -1.99. The number of hydrogen-bond acceptors (Lipinski definition) is 5. The van der Waals surface area contributed by atoms with Gasteiger partial charge in [0, 0.05) is 23.4 Å². The number of nitrogens with zero attached hydrogens (tertiary/aromatic N) is 2. The molecular weight excluding hydrogens is 216 g/mol. The van der Waals surface area contributed by atoms with Crippen LogP contribution < -0.4 is 11.5 Å². The van der Waals surface area contributed by atoms with Gasteiger partial charge in [-0.3, -0.25) is 0 Å². The maximum absolute atomic E-state index is 5.71. The van der Waals surface area contributed by atoms with E-state index in [1.54, 1.807) is 18.2 Å². The Morgan fingerprint density at radius 2 is 1.82 bits per heavy atom. The first-order valence-corrected chi connectivity index (χ1v) is 5.53. The summed E-state index contributed by atoms with van der Waals surface area (Å²) in [6.45, 7) is 4.21. The predicted molar refractivity (Wildman–Crippen MR) is 67.1 cm³/mol. The van der Waals surface area contributed by atoms with Crippen LogP contribution in [-0.4, -0.2) is 10.1 Å². The molecule has 0 spiro atoms. The summed E-state index contributed by atoms with van der Waals surface area (Å²) < 4.78 is 5.19. The normalized spacial score (nSPS) is 11.0. The van der Waals surface area contributed by atoms with Gasteiger partial charge in [-0.2, -0.15) is 4.98 Å². The van der Waals surface area contributed by atoms with E-state index in [1.165, 1.54) is 0 Å². The van der Waals surface area contributed by atoms with Crippen LogP contribution >= 0.6 is 0 Å². The molecule has 0 fully saturated rings. The Hall–Kier alpha value is -2.04. The van der Waals surface area contributed by atoms with Crippen molar-refractivity contribution in [3.8, 4) is 11.5 Å². The highest BCUT2D eigenvalue weighted by molar-refractivity contribution is 5.66. The van der Waals surface area contributed by atoms with E-state index >= 15 is 0 Å². The van der Waals surface area contributed by atoms with Crippen molar-refractivity contribution in [3.05, 3.63) is 24.0 Å². The summed E-state index contributed by atoms with van der Waals surface area (Å²) in [5, 5.41) is 3.92. The third kappa shape index (κ3) is 2.75. The fourth-order valence-corrected chi connectivity index (χ4v) is 1.62. The molecule has 0 amide bonds. The van der Waals surface area contributed by atoms with Crippen LogP contribution in [0, 0.1) is 5.92 Å². The number of aromatic nitrogens is 2. The van der Waals surface area contributed by atoms with Crippen molar-refractivity contribution in [1.82, 2.24) is 10.1 Å². The highest BCUT2D eigenvalue weighted by Gasteiger charge is 2.10. The van der Waals surface area contributed by atoms with Crippen molar-refractivity contribution in [2.24, 2.45) is 5.92 Å². The molecule has 4 N–H and O–H groups in total. The number of benzene rings is 1. The van der Waals surface area contributed by atoms with Gasteiger partial charge < -0.3 is 16.0 Å². The van der Waals surface area contributed by atoms with Crippen LogP contribution in [0.5, 0.6) is 0 Å². The number of nitrogen functional groups attached to an aromatic ring is 2. The molecule has 1 heterocycles. The van der Waals surface area contributed by atoms with Crippen LogP contribution in [0.3, 0.4) is 0 Å². The van der Waals surface area contributed by atoms with E-state index in [4.69, 9.17) is 16.0 Å². The lowest BCUT2D eigenvalue weighted by molar-refractivity contribution is 0.418. The second-order valence-corrected chi connectivity index (χ2v) is 4.50. The summed E-state index contributed by atoms with van der Waals surface area (Å²) in [5.41, 5.74) is 13.4. The zero-order valence-corrected chi connectivity index (χ0v) is 9.97. The highest BCUT2D eigenvalue weighted by atomic mass is 16.5. The summed E-state index contributed by atoms with van der Waals surface area (Å²) in [7, 11) is 0. The molecule has 2 aromatic rings. The summed E-state index contributed by atoms with van der Waals surface area (Å²) in [4.78, 5) is 4.31. The van der Waals surface area contributed by atoms with Crippen molar-refractivity contribution in [2.45, 2.75) is 20.3 Å². The molecule has 0 atom stereocenters. The number of hydrogen-bond donors (Lipinski definition) is 2. The Kier molecular flexibility index (Phi) is 2.99. The Morgan fingerprint density at radius 1 is 1.18 bits per heavy atom. The zero-order chi connectivity index (χ0) is 12.4. The molecule has 1 aromatic carbocycles. The van der Waals surface area contributed by atoms with Crippen molar-refractivity contribution < 1.29 is 4.52 Å². The van der Waals surface area contributed by atoms with Gasteiger partial charge in [0.25, 0.3) is 5.89 Å². The molecule has 0 saturated heterocycles. The first kappa shape index (κ1) is 11.4. The van der Waals surface area contributed by atoms with Gasteiger partial charge in [0.2, 0.25) is 0 Å². The van der Waals surface area contributed by atoms with Crippen molar-refractivity contribution in [2.75, 3.05) is 11.5 Å². The standard InChI is InChI=1S/C12H16N4O/c1-7(2)3-11-15-12(17-16-11)8-4-9(13)6-10(14)5-8/h4-7H,3,13-14H2,1-2H3. The smallest absolute Gasteiger partial charge is 0.258 e. The van der Waals surface area contributed by atoms with Gasteiger partial charge >= 0.3 is 0 Å². The maximum atomic E-state index is 5.71. The molecule has 0 aliphatic heterocycles. The van der Waals surface area contributed by atoms with Gasteiger partial charge in [-0.05, 0) is 24.1 Å². The SMILES string of the molecule is CC(C)Cc1noc(-c2cc(N)cc(N)c2)n1. The third-order valence-electron chi connectivity index (χ3n) is 2.28. The monoisotopic (exact) mass is 232 g/mol. The number of rotatable bonds is 3. The minimum absolute atomic E-state index is 0.458. The first-order valence-electron chi connectivity index (χ1n) is 5.53. The quantitative estimate of drug-likeness (QED) is 0.791. The van der Waals surface area contributed by atoms with Gasteiger partial charge in [0.05, 0.1) is 0 Å². The molecule has 0 saturated carbocycles. The summed E-state index contributed by atoms with van der Waals surface area (Å²) >= 11 is 0. The molecule has 1 aromatic heterocycles. The van der Waals surface area contributed by atoms with Crippen molar-refractivity contribution >= 4 is 11.4 Å². The fraction of sp³-hybridized carbons (Fsp3) is 0.333. The van der Waals surface area contributed by atoms with Crippen LogP contribution in [0.4, 0.5) is 11.4 Å². The summed E-state index contributed by atoms with van der Waals surface area (Å²) in [5.74, 6) is 1.65. The van der Waals surface area contributed by atoms with E-state index in [9.17, 15) is 0 Å². The number of anilines is 2. The minimum atomic E-state index is 0.458. The van der Waals surface area contributed by atoms with E-state index in [2.05, 4.69) is 24.0 Å². The van der Waals surface area contributed by atoms with E-state index in [0.717, 1.165) is 12.0 Å². The highest BCUT2D eigenvalue weighted by Crippen LogP contribution is 2.23. The second-order valence-electron chi connectivity index (χ2n) is 4.50. The first-order chi connectivity index (χ1) is 8.04. The van der Waals surface area contributed by atoms with Crippen LogP contribution in [-0.2, 0) is 6.42 Å². The molecule has 5 heteroatoms. The van der Waals surface area contributed by atoms with Gasteiger partial charge in [-0.1, -0.05) is 19.0 Å². The van der Waals surface area contributed by atoms with Crippen LogP contribution in [0.1, 0.15) is 19.7 Å². The molecule has 5 nitrogen and oxygen atoms in total. The van der Waals surface area contributed by atoms with E-state index in [-0.39, 0.29) is 0 Å². The average Bonchev–Trinajstić information content (AvgIpc) is 2.63. The molecule has 0 radical (unpaired) electrons. The summed E-state index contributed by atoms with van der Waals surface area (Å²) in [6, 6.07) is 5.22. The van der Waals surface area contributed by atoms with Gasteiger partial charge in [0.15, 0.2) is 5.82 Å². The Morgan fingerprint density at radius 3 is 2.41 bits per heavy atom. The van der Waals surface area contributed by atoms with Gasteiger partial charge in [-0.15, -0.1) is 0 Å². The number of nitrogens with two attached hydrogens (primary N) is 2. The van der Waals surface area contributed by atoms with E-state index in [0.29, 0.717) is 29.0 Å². The Bertz CT molecular complexity index is 499. The average molecular weight is 232 g/mol. The van der Waals surface area contributed by atoms with Crippen LogP contribution in [0.15, 0.2) is 22.7 Å². The van der Waals surface area contributed by atoms with Crippen molar-refractivity contribution in [3.63, 3.8) is 0 Å². The molecule has 0 unspecified atom stereocenters. The molecule has 2 rings (SSSR count). The van der Waals surface area contributed by atoms with Gasteiger partial charge in [-0.25, -0.2) is 0 Å². The lowest BCUT2D eigenvalue weighted by Crippen LogP contribution is -1.96. The fourth-order valence-electron chi connectivity index (χ4n) is 1.62. The topological polar surface area (TPSA) is 91.0 Å². The summed E-state index contributed by atoms with van der Waals surface area (Å²) in [6.07, 6.45) is 0.793. The third-order valence-corrected chi connectivity index (χ3v) is 2.28. The van der Waals surface area contributed by atoms with Crippen molar-refractivity contribution in [1.29, 1.82) is 0 Å². The van der Waals surface area contributed by atoms with Gasteiger partial charge in [0.1, 0.15) is 0 Å². The molecular formula is C12H16N4O. The van der Waals surface area contributed by atoms with Crippen LogP contribution in [0.2, 0.25) is 0 Å². The molecule has 0 bridgehead atoms. The minimum Gasteiger partial charge on any atom is -0.399 e. The Balaban J connectivity index is 2.30. The zero-order valence-electron chi connectivity index (χ0n) is 9.97.